The molecule has 35 heavy (non-hydrogen) atoms. The van der Waals surface area contributed by atoms with Gasteiger partial charge in [-0.25, -0.2) is 0 Å². The number of aryl methyl sites for hydroxylation is 1. The van der Waals surface area contributed by atoms with E-state index in [1.165, 1.54) is 27.4 Å². The van der Waals surface area contributed by atoms with Crippen LogP contribution in [-0.4, -0.2) is 38.2 Å². The van der Waals surface area contributed by atoms with Crippen molar-refractivity contribution in [2.45, 2.75) is 19.8 Å². The lowest BCUT2D eigenvalue weighted by molar-refractivity contribution is -0.134. The molecule has 0 atom stereocenters. The van der Waals surface area contributed by atoms with Crippen LogP contribution < -0.4 is 23.7 Å². The minimum absolute atomic E-state index is 0.0636. The number of esters is 1. The third-order valence-electron chi connectivity index (χ3n) is 5.35. The number of hydrogen-bond donors (Lipinski definition) is 0. The number of ether oxygens (including phenoxy) is 5. The van der Waals surface area contributed by atoms with Crippen LogP contribution in [-0.2, 0) is 11.2 Å². The van der Waals surface area contributed by atoms with E-state index < -0.39 is 5.97 Å². The van der Waals surface area contributed by atoms with E-state index in [0.29, 0.717) is 57.6 Å². The molecule has 0 aliphatic carbocycles. The van der Waals surface area contributed by atoms with Crippen molar-refractivity contribution >= 4 is 29.4 Å². The van der Waals surface area contributed by atoms with Crippen molar-refractivity contribution in [1.82, 2.24) is 5.16 Å². The first-order valence-corrected chi connectivity index (χ1v) is 10.9. The molecule has 0 saturated heterocycles. The number of carbonyl (C=O) groups is 2. The molecule has 0 amide bonds. The summed E-state index contributed by atoms with van der Waals surface area (Å²) in [6, 6.07) is 8.09. The van der Waals surface area contributed by atoms with E-state index in [0.717, 1.165) is 0 Å². The highest BCUT2D eigenvalue weighted by Gasteiger charge is 2.31. The Kier molecular flexibility index (Phi) is 6.97. The lowest BCUT2D eigenvalue weighted by Gasteiger charge is -2.13. The van der Waals surface area contributed by atoms with Gasteiger partial charge in [-0.15, -0.1) is 0 Å². The zero-order valence-electron chi connectivity index (χ0n) is 19.5. The lowest BCUT2D eigenvalue weighted by atomic mass is 10.1. The van der Waals surface area contributed by atoms with Crippen molar-refractivity contribution in [2.24, 2.45) is 0 Å². The second kappa shape index (κ2) is 10.1. The molecule has 0 radical (unpaired) electrons. The fraction of sp³-hybridized carbons (Fsp3) is 0.240. The first-order valence-electron chi connectivity index (χ1n) is 10.5. The molecule has 10 heteroatoms. The van der Waals surface area contributed by atoms with Crippen molar-refractivity contribution in [3.63, 3.8) is 0 Å². The highest BCUT2D eigenvalue weighted by Crippen LogP contribution is 2.41. The molecular weight excluding hydrogens is 478 g/mol. The zero-order valence-corrected chi connectivity index (χ0v) is 20.2. The number of halogens is 1. The van der Waals surface area contributed by atoms with Crippen LogP contribution in [0.4, 0.5) is 0 Å². The summed E-state index contributed by atoms with van der Waals surface area (Å²) in [5, 5.41) is 3.79. The summed E-state index contributed by atoms with van der Waals surface area (Å²) < 4.78 is 32.4. The molecule has 0 N–H and O–H groups in total. The Bertz CT molecular complexity index is 1300. The first-order chi connectivity index (χ1) is 16.8. The topological polar surface area (TPSA) is 106 Å². The van der Waals surface area contributed by atoms with Gasteiger partial charge >= 0.3 is 5.97 Å². The van der Waals surface area contributed by atoms with Gasteiger partial charge in [0.2, 0.25) is 11.5 Å². The second-order valence-electron chi connectivity index (χ2n) is 7.55. The molecule has 182 valence electrons. The molecule has 0 unspecified atom stereocenters. The number of ketones is 1. The largest absolute Gasteiger partial charge is 0.493 e. The number of benzene rings is 2. The van der Waals surface area contributed by atoms with Crippen LogP contribution in [0.25, 0.3) is 6.08 Å². The van der Waals surface area contributed by atoms with Crippen molar-refractivity contribution < 1.29 is 37.8 Å². The van der Waals surface area contributed by atoms with Crippen molar-refractivity contribution in [1.29, 1.82) is 0 Å². The first kappa shape index (κ1) is 24.2. The summed E-state index contributed by atoms with van der Waals surface area (Å²) in [5.41, 5.74) is 1.52. The van der Waals surface area contributed by atoms with E-state index in [9.17, 15) is 9.59 Å². The summed E-state index contributed by atoms with van der Waals surface area (Å²) >= 11 is 5.71. The van der Waals surface area contributed by atoms with E-state index in [4.69, 9.17) is 39.8 Å². The van der Waals surface area contributed by atoms with Gasteiger partial charge in [-0.3, -0.25) is 9.59 Å². The van der Waals surface area contributed by atoms with E-state index in [2.05, 4.69) is 5.16 Å². The molecule has 2 aromatic carbocycles. The fourth-order valence-electron chi connectivity index (χ4n) is 3.62. The molecule has 2 heterocycles. The van der Waals surface area contributed by atoms with E-state index in [1.54, 1.807) is 37.3 Å². The Hall–Kier alpha value is -3.98. The summed E-state index contributed by atoms with van der Waals surface area (Å²) in [5.74, 6) is 1.78. The van der Waals surface area contributed by atoms with Crippen LogP contribution in [0.3, 0.4) is 0 Å². The highest BCUT2D eigenvalue weighted by molar-refractivity contribution is 6.29. The molecule has 0 fully saturated rings. The van der Waals surface area contributed by atoms with Crippen molar-refractivity contribution in [2.75, 3.05) is 21.3 Å². The number of allylic oxidation sites excluding steroid dienone is 1. The van der Waals surface area contributed by atoms with Gasteiger partial charge in [0.1, 0.15) is 17.3 Å². The van der Waals surface area contributed by atoms with Crippen LogP contribution in [0.5, 0.6) is 28.7 Å². The maximum absolute atomic E-state index is 13.0. The fourth-order valence-corrected chi connectivity index (χ4v) is 3.78. The van der Waals surface area contributed by atoms with Crippen LogP contribution in [0.2, 0.25) is 5.15 Å². The standard InChI is InChI=1S/C25H22ClNO8/c1-13-17(33-22(28)8-5-15-12-21(26)27-35-15)7-6-16-23(29)18(34-24(13)16)9-14-10-19(30-2)25(32-4)20(11-14)31-3/h6-7,9-12H,5,8H2,1-4H3/b18-9-. The van der Waals surface area contributed by atoms with Gasteiger partial charge in [0, 0.05) is 18.1 Å². The molecule has 9 nitrogen and oxygen atoms in total. The second-order valence-corrected chi connectivity index (χ2v) is 7.94. The number of nitrogens with zero attached hydrogens (tertiary/aromatic N) is 1. The summed E-state index contributed by atoms with van der Waals surface area (Å²) in [6.45, 7) is 1.72. The highest BCUT2D eigenvalue weighted by atomic mass is 35.5. The maximum Gasteiger partial charge on any atom is 0.311 e. The molecule has 1 aliphatic rings. The number of carbonyl (C=O) groups excluding carboxylic acids is 2. The predicted octanol–water partition coefficient (Wildman–Crippen LogP) is 4.82. The van der Waals surface area contributed by atoms with E-state index in [-0.39, 0.29) is 23.1 Å². The average molecular weight is 500 g/mol. The number of methoxy groups -OCH3 is 3. The Morgan fingerprint density at radius 3 is 2.37 bits per heavy atom. The van der Waals surface area contributed by atoms with E-state index in [1.807, 2.05) is 0 Å². The van der Waals surface area contributed by atoms with Crippen LogP contribution >= 0.6 is 11.6 Å². The molecule has 1 aromatic heterocycles. The zero-order chi connectivity index (χ0) is 25.1. The van der Waals surface area contributed by atoms with Crippen molar-refractivity contribution in [3.8, 4) is 28.7 Å². The van der Waals surface area contributed by atoms with Crippen molar-refractivity contribution in [3.05, 3.63) is 63.7 Å². The monoisotopic (exact) mass is 499 g/mol. The Balaban J connectivity index is 1.54. The average Bonchev–Trinajstić information content (AvgIpc) is 3.41. The van der Waals surface area contributed by atoms with E-state index >= 15 is 0 Å². The summed E-state index contributed by atoms with van der Waals surface area (Å²) in [4.78, 5) is 25.3. The van der Waals surface area contributed by atoms with Gasteiger partial charge in [-0.1, -0.05) is 16.8 Å². The Morgan fingerprint density at radius 1 is 1.06 bits per heavy atom. The number of rotatable bonds is 8. The minimum Gasteiger partial charge on any atom is -0.493 e. The SMILES string of the molecule is COc1cc(/C=C2\Oc3c(ccc(OC(=O)CCc4cc(Cl)no4)c3C)C2=O)cc(OC)c1OC. The Labute approximate surface area is 206 Å². The minimum atomic E-state index is -0.474. The number of fused-ring (bicyclic) bond motifs is 1. The molecule has 0 saturated carbocycles. The number of Topliss-reactive ketones (excluding diaryl/α,β-unsaturated/α-hetero) is 1. The van der Waals surface area contributed by atoms with Crippen LogP contribution in [0.1, 0.15) is 33.7 Å². The molecule has 0 bridgehead atoms. The molecule has 1 aliphatic heterocycles. The number of aromatic nitrogens is 1. The maximum atomic E-state index is 13.0. The van der Waals surface area contributed by atoms with Gasteiger partial charge in [0.15, 0.2) is 22.4 Å². The van der Waals surface area contributed by atoms with Crippen LogP contribution in [0.15, 0.2) is 40.6 Å². The van der Waals surface area contributed by atoms with Gasteiger partial charge in [-0.2, -0.15) is 0 Å². The molecule has 0 spiro atoms. The lowest BCUT2D eigenvalue weighted by Crippen LogP contribution is -2.10. The molecule has 3 aromatic rings. The Morgan fingerprint density at radius 2 is 1.77 bits per heavy atom. The normalized spacial score (nSPS) is 13.4. The summed E-state index contributed by atoms with van der Waals surface area (Å²) in [7, 11) is 4.53. The van der Waals surface area contributed by atoms with Gasteiger partial charge in [0.05, 0.1) is 33.3 Å². The third-order valence-corrected chi connectivity index (χ3v) is 5.53. The van der Waals surface area contributed by atoms with Gasteiger partial charge < -0.3 is 28.2 Å². The van der Waals surface area contributed by atoms with Gasteiger partial charge in [0.25, 0.3) is 0 Å². The number of hydrogen-bond acceptors (Lipinski definition) is 9. The predicted molar refractivity (Wildman–Crippen MR) is 126 cm³/mol. The van der Waals surface area contributed by atoms with Gasteiger partial charge in [-0.05, 0) is 42.8 Å². The van der Waals surface area contributed by atoms with Crippen LogP contribution in [0, 0.1) is 6.92 Å². The summed E-state index contributed by atoms with van der Waals surface area (Å²) in [6.07, 6.45) is 1.94. The quantitative estimate of drug-likeness (QED) is 0.245. The third kappa shape index (κ3) is 4.95. The smallest absolute Gasteiger partial charge is 0.311 e. The molecular formula is C25H22ClNO8. The molecule has 4 rings (SSSR count).